The lowest BCUT2D eigenvalue weighted by Crippen LogP contribution is -2.21. The molecule has 1 amide bonds. The third-order valence-electron chi connectivity index (χ3n) is 2.48. The minimum absolute atomic E-state index is 0.113. The summed E-state index contributed by atoms with van der Waals surface area (Å²) in [6.45, 7) is 2.33. The number of benzene rings is 1. The Kier molecular flexibility index (Phi) is 5.38. The van der Waals surface area contributed by atoms with Gasteiger partial charge in [-0.3, -0.25) is 4.79 Å². The second-order valence-electron chi connectivity index (χ2n) is 3.95. The van der Waals surface area contributed by atoms with Gasteiger partial charge < -0.3 is 11.1 Å². The van der Waals surface area contributed by atoms with Crippen molar-refractivity contribution in [1.82, 2.24) is 0 Å². The first-order chi connectivity index (χ1) is 8.04. The molecular formula is C12H16ClFN2O. The van der Waals surface area contributed by atoms with Crippen LogP contribution in [0.3, 0.4) is 0 Å². The molecule has 17 heavy (non-hydrogen) atoms. The Hall–Kier alpha value is -1.13. The summed E-state index contributed by atoms with van der Waals surface area (Å²) in [6, 6.07) is 4.05. The molecule has 5 heteroatoms. The smallest absolute Gasteiger partial charge is 0.227 e. The van der Waals surface area contributed by atoms with Crippen LogP contribution in [0.5, 0.6) is 0 Å². The van der Waals surface area contributed by atoms with E-state index >= 15 is 0 Å². The topological polar surface area (TPSA) is 55.1 Å². The maximum atomic E-state index is 13.4. The van der Waals surface area contributed by atoms with Gasteiger partial charge in [-0.25, -0.2) is 4.39 Å². The van der Waals surface area contributed by atoms with Crippen molar-refractivity contribution in [3.05, 3.63) is 29.0 Å². The minimum Gasteiger partial charge on any atom is -0.330 e. The van der Waals surface area contributed by atoms with Crippen LogP contribution >= 0.6 is 11.6 Å². The zero-order valence-electron chi connectivity index (χ0n) is 9.67. The Morgan fingerprint density at radius 1 is 1.59 bits per heavy atom. The summed E-state index contributed by atoms with van der Waals surface area (Å²) in [5.41, 5.74) is 5.48. The molecule has 0 aliphatic heterocycles. The van der Waals surface area contributed by atoms with Crippen LogP contribution in [0.4, 0.5) is 10.1 Å². The fraction of sp³-hybridized carbons (Fsp3) is 0.417. The third kappa shape index (κ3) is 4.32. The van der Waals surface area contributed by atoms with E-state index in [1.54, 1.807) is 6.92 Å². The number of rotatable bonds is 5. The number of amides is 1. The lowest BCUT2D eigenvalue weighted by atomic mass is 10.0. The van der Waals surface area contributed by atoms with Crippen LogP contribution in [0.1, 0.15) is 19.8 Å². The highest BCUT2D eigenvalue weighted by atomic mass is 35.5. The molecule has 0 aliphatic rings. The predicted octanol–water partition coefficient (Wildman–Crippen LogP) is 2.79. The number of carbonyl (C=O) groups is 1. The van der Waals surface area contributed by atoms with Crippen molar-refractivity contribution in [2.75, 3.05) is 11.9 Å². The Morgan fingerprint density at radius 2 is 2.29 bits per heavy atom. The largest absolute Gasteiger partial charge is 0.330 e. The third-order valence-corrected chi connectivity index (χ3v) is 2.71. The molecule has 0 spiro atoms. The molecule has 3 nitrogen and oxygen atoms in total. The first-order valence-electron chi connectivity index (χ1n) is 5.50. The number of carbonyl (C=O) groups excluding carboxylic acids is 1. The van der Waals surface area contributed by atoms with Crippen molar-refractivity contribution >= 4 is 23.2 Å². The highest BCUT2D eigenvalue weighted by Crippen LogP contribution is 2.20. The minimum atomic E-state index is -0.492. The molecule has 0 bridgehead atoms. The van der Waals surface area contributed by atoms with Gasteiger partial charge in [-0.1, -0.05) is 18.5 Å². The number of nitrogens with two attached hydrogens (primary N) is 1. The van der Waals surface area contributed by atoms with Gasteiger partial charge in [0, 0.05) is 10.9 Å². The second kappa shape index (κ2) is 6.57. The number of hydrogen-bond donors (Lipinski definition) is 2. The van der Waals surface area contributed by atoms with E-state index in [1.807, 2.05) is 0 Å². The van der Waals surface area contributed by atoms with E-state index in [1.165, 1.54) is 18.2 Å². The monoisotopic (exact) mass is 258 g/mol. The van der Waals surface area contributed by atoms with Gasteiger partial charge in [-0.05, 0) is 37.6 Å². The number of hydrogen-bond acceptors (Lipinski definition) is 2. The zero-order chi connectivity index (χ0) is 12.8. The van der Waals surface area contributed by atoms with Crippen molar-refractivity contribution in [1.29, 1.82) is 0 Å². The summed E-state index contributed by atoms with van der Waals surface area (Å²) in [4.78, 5) is 11.7. The van der Waals surface area contributed by atoms with E-state index in [0.717, 1.165) is 6.42 Å². The average Bonchev–Trinajstić information content (AvgIpc) is 2.30. The van der Waals surface area contributed by atoms with Crippen molar-refractivity contribution in [3.8, 4) is 0 Å². The van der Waals surface area contributed by atoms with Crippen molar-refractivity contribution < 1.29 is 9.18 Å². The highest BCUT2D eigenvalue weighted by Gasteiger charge is 2.14. The van der Waals surface area contributed by atoms with Gasteiger partial charge in [0.05, 0.1) is 5.69 Å². The average molecular weight is 259 g/mol. The van der Waals surface area contributed by atoms with Crippen LogP contribution in [0.2, 0.25) is 5.02 Å². The van der Waals surface area contributed by atoms with Crippen LogP contribution < -0.4 is 11.1 Å². The van der Waals surface area contributed by atoms with Gasteiger partial charge in [0.1, 0.15) is 5.82 Å². The summed E-state index contributed by atoms with van der Waals surface area (Å²) in [6.07, 6.45) is 1.46. The Bertz CT molecular complexity index is 398. The van der Waals surface area contributed by atoms with Crippen molar-refractivity contribution in [2.45, 2.75) is 19.8 Å². The zero-order valence-corrected chi connectivity index (χ0v) is 10.4. The lowest BCUT2D eigenvalue weighted by Gasteiger charge is -2.12. The van der Waals surface area contributed by atoms with Gasteiger partial charge in [0.15, 0.2) is 0 Å². The molecule has 94 valence electrons. The van der Waals surface area contributed by atoms with E-state index in [-0.39, 0.29) is 17.5 Å². The molecule has 1 atom stereocenters. The summed E-state index contributed by atoms with van der Waals surface area (Å²) < 4.78 is 13.4. The SMILES string of the molecule is CC(CCCN)C(=O)Nc1cc(Cl)ccc1F. The first kappa shape index (κ1) is 13.9. The molecule has 0 saturated carbocycles. The van der Waals surface area contributed by atoms with Crippen LogP contribution in [0, 0.1) is 11.7 Å². The summed E-state index contributed by atoms with van der Waals surface area (Å²) in [5, 5.41) is 2.91. The standard InChI is InChI=1S/C12H16ClFN2O/c1-8(3-2-6-15)12(17)16-11-7-9(13)4-5-10(11)14/h4-5,7-8H,2-3,6,15H2,1H3,(H,16,17). The summed E-state index contributed by atoms with van der Waals surface area (Å²) in [5.74, 6) is -0.912. The molecule has 0 aromatic heterocycles. The molecule has 0 radical (unpaired) electrons. The fourth-order valence-electron chi connectivity index (χ4n) is 1.40. The molecule has 1 aromatic rings. The van der Waals surface area contributed by atoms with E-state index in [4.69, 9.17) is 17.3 Å². The Labute approximate surface area is 105 Å². The van der Waals surface area contributed by atoms with E-state index in [2.05, 4.69) is 5.32 Å². The maximum Gasteiger partial charge on any atom is 0.227 e. The normalized spacial score (nSPS) is 12.2. The van der Waals surface area contributed by atoms with Gasteiger partial charge in [-0.2, -0.15) is 0 Å². The second-order valence-corrected chi connectivity index (χ2v) is 4.38. The summed E-state index contributed by atoms with van der Waals surface area (Å²) >= 11 is 5.73. The number of nitrogens with one attached hydrogen (secondary N) is 1. The predicted molar refractivity (Wildman–Crippen MR) is 67.5 cm³/mol. The van der Waals surface area contributed by atoms with Gasteiger partial charge in [0.25, 0.3) is 0 Å². The first-order valence-corrected chi connectivity index (χ1v) is 5.88. The van der Waals surface area contributed by atoms with Crippen LogP contribution in [-0.4, -0.2) is 12.5 Å². The molecule has 0 saturated heterocycles. The molecule has 3 N–H and O–H groups in total. The quantitative estimate of drug-likeness (QED) is 0.853. The molecule has 1 aromatic carbocycles. The van der Waals surface area contributed by atoms with E-state index < -0.39 is 5.82 Å². The van der Waals surface area contributed by atoms with Crippen molar-refractivity contribution in [2.24, 2.45) is 11.7 Å². The fourth-order valence-corrected chi connectivity index (χ4v) is 1.58. The molecule has 0 heterocycles. The van der Waals surface area contributed by atoms with Crippen molar-refractivity contribution in [3.63, 3.8) is 0 Å². The Morgan fingerprint density at radius 3 is 2.94 bits per heavy atom. The lowest BCUT2D eigenvalue weighted by molar-refractivity contribution is -0.119. The maximum absolute atomic E-state index is 13.4. The van der Waals surface area contributed by atoms with Crippen LogP contribution in [-0.2, 0) is 4.79 Å². The summed E-state index contributed by atoms with van der Waals surface area (Å²) in [7, 11) is 0. The van der Waals surface area contributed by atoms with Crippen LogP contribution in [0.25, 0.3) is 0 Å². The number of anilines is 1. The molecule has 0 aliphatic carbocycles. The number of halogens is 2. The van der Waals surface area contributed by atoms with E-state index in [9.17, 15) is 9.18 Å². The van der Waals surface area contributed by atoms with Gasteiger partial charge in [-0.15, -0.1) is 0 Å². The molecular weight excluding hydrogens is 243 g/mol. The van der Waals surface area contributed by atoms with Crippen LogP contribution in [0.15, 0.2) is 18.2 Å². The Balaban J connectivity index is 2.64. The molecule has 0 fully saturated rings. The molecule has 1 rings (SSSR count). The van der Waals surface area contributed by atoms with E-state index in [0.29, 0.717) is 18.0 Å². The molecule has 1 unspecified atom stereocenters. The highest BCUT2D eigenvalue weighted by molar-refractivity contribution is 6.30. The van der Waals surface area contributed by atoms with Gasteiger partial charge >= 0.3 is 0 Å². The van der Waals surface area contributed by atoms with Gasteiger partial charge in [0.2, 0.25) is 5.91 Å².